The molecule has 0 amide bonds. The molecule has 1 aromatic heterocycles. The van der Waals surface area contributed by atoms with Gasteiger partial charge in [-0.3, -0.25) is 4.90 Å². The van der Waals surface area contributed by atoms with E-state index in [1.807, 2.05) is 18.2 Å². The van der Waals surface area contributed by atoms with E-state index in [9.17, 15) is 0 Å². The van der Waals surface area contributed by atoms with Gasteiger partial charge < -0.3 is 14.2 Å². The van der Waals surface area contributed by atoms with E-state index in [0.717, 1.165) is 35.1 Å². The van der Waals surface area contributed by atoms with Gasteiger partial charge in [-0.2, -0.15) is 0 Å². The third-order valence-electron chi connectivity index (χ3n) is 4.55. The number of methoxy groups -OCH3 is 2. The van der Waals surface area contributed by atoms with Crippen molar-refractivity contribution in [2.75, 3.05) is 34.4 Å². The average Bonchev–Trinajstić information content (AvgIpc) is 3.14. The summed E-state index contributed by atoms with van der Waals surface area (Å²) in [5, 5.41) is 3.02. The van der Waals surface area contributed by atoms with Crippen molar-refractivity contribution in [1.82, 2.24) is 9.88 Å². The van der Waals surface area contributed by atoms with Gasteiger partial charge in [-0.05, 0) is 56.3 Å². The maximum absolute atomic E-state index is 5.92. The first-order valence-corrected chi connectivity index (χ1v) is 10.4. The van der Waals surface area contributed by atoms with Gasteiger partial charge in [0.15, 0.2) is 11.5 Å². The van der Waals surface area contributed by atoms with Crippen LogP contribution in [0.1, 0.15) is 16.8 Å². The topological polar surface area (TPSA) is 43.8 Å². The number of rotatable bonds is 9. The molecule has 5 nitrogen and oxygen atoms in total. The Labute approximate surface area is 176 Å². The molecule has 1 heterocycles. The highest BCUT2D eigenvalue weighted by Crippen LogP contribution is 2.39. The van der Waals surface area contributed by atoms with E-state index in [2.05, 4.69) is 49.4 Å². The molecule has 0 saturated heterocycles. The fourth-order valence-electron chi connectivity index (χ4n) is 3.25. The number of ether oxygens (including phenoxy) is 3. The number of hydrogen-bond acceptors (Lipinski definition) is 6. The van der Waals surface area contributed by atoms with Crippen LogP contribution in [0.4, 0.5) is 0 Å². The Kier molecular flexibility index (Phi) is 7.12. The highest BCUT2D eigenvalue weighted by Gasteiger charge is 2.15. The zero-order valence-corrected chi connectivity index (χ0v) is 18.5. The van der Waals surface area contributed by atoms with Gasteiger partial charge in [0.05, 0.1) is 25.5 Å². The van der Waals surface area contributed by atoms with Crippen molar-refractivity contribution in [1.29, 1.82) is 0 Å². The Morgan fingerprint density at radius 1 is 1.03 bits per heavy atom. The molecule has 0 saturated carbocycles. The van der Waals surface area contributed by atoms with E-state index in [1.165, 1.54) is 11.1 Å². The number of aryl methyl sites for hydroxylation is 2. The molecule has 0 aliphatic carbocycles. The fourth-order valence-corrected chi connectivity index (χ4v) is 4.08. The summed E-state index contributed by atoms with van der Waals surface area (Å²) in [7, 11) is 5.37. The summed E-state index contributed by atoms with van der Waals surface area (Å²) >= 11 is 1.61. The second kappa shape index (κ2) is 9.76. The van der Waals surface area contributed by atoms with Gasteiger partial charge in [0.1, 0.15) is 17.4 Å². The lowest BCUT2D eigenvalue weighted by Crippen LogP contribution is -2.24. The standard InChI is InChI=1S/C23H28N2O3S/c1-16-11-17(2)13-19(12-16)28-10-9-25(3)14-18-15-29-23(24-18)20-7-6-8-21(26-4)22(20)27-5/h6-8,11-13,15H,9-10,14H2,1-5H3. The first-order valence-electron chi connectivity index (χ1n) is 9.55. The van der Waals surface area contributed by atoms with Crippen LogP contribution in [0.2, 0.25) is 0 Å². The van der Waals surface area contributed by atoms with E-state index < -0.39 is 0 Å². The van der Waals surface area contributed by atoms with E-state index in [4.69, 9.17) is 19.2 Å². The Balaban J connectivity index is 1.58. The molecule has 0 spiro atoms. The maximum atomic E-state index is 5.92. The van der Waals surface area contributed by atoms with E-state index >= 15 is 0 Å². The number of thiazole rings is 1. The minimum absolute atomic E-state index is 0.639. The van der Waals surface area contributed by atoms with Crippen molar-refractivity contribution >= 4 is 11.3 Å². The van der Waals surface area contributed by atoms with Crippen LogP contribution in [0.25, 0.3) is 10.6 Å². The summed E-state index contributed by atoms with van der Waals surface area (Å²) in [6.45, 7) is 6.40. The largest absolute Gasteiger partial charge is 0.493 e. The lowest BCUT2D eigenvalue weighted by atomic mass is 10.1. The maximum Gasteiger partial charge on any atom is 0.170 e. The summed E-state index contributed by atoms with van der Waals surface area (Å²) < 4.78 is 16.9. The number of nitrogens with zero attached hydrogens (tertiary/aromatic N) is 2. The van der Waals surface area contributed by atoms with E-state index in [1.54, 1.807) is 25.6 Å². The summed E-state index contributed by atoms with van der Waals surface area (Å²) in [4.78, 5) is 7.01. The molecule has 0 aliphatic heterocycles. The van der Waals surface area contributed by atoms with Gasteiger partial charge in [-0.25, -0.2) is 4.98 Å². The lowest BCUT2D eigenvalue weighted by molar-refractivity contribution is 0.231. The Morgan fingerprint density at radius 2 is 1.79 bits per heavy atom. The zero-order valence-electron chi connectivity index (χ0n) is 17.7. The first kappa shape index (κ1) is 21.1. The SMILES string of the molecule is COc1cccc(-c2nc(CN(C)CCOc3cc(C)cc(C)c3)cs2)c1OC. The van der Waals surface area contributed by atoms with Crippen LogP contribution in [0.3, 0.4) is 0 Å². The lowest BCUT2D eigenvalue weighted by Gasteiger charge is -2.16. The summed E-state index contributed by atoms with van der Waals surface area (Å²) in [6.07, 6.45) is 0. The number of para-hydroxylation sites is 1. The Bertz CT molecular complexity index is 935. The van der Waals surface area contributed by atoms with Crippen LogP contribution in [-0.2, 0) is 6.54 Å². The molecule has 154 valence electrons. The molecule has 0 atom stereocenters. The quantitative estimate of drug-likeness (QED) is 0.497. The van der Waals surface area contributed by atoms with Crippen LogP contribution in [-0.4, -0.2) is 44.3 Å². The van der Waals surface area contributed by atoms with Gasteiger partial charge in [-0.15, -0.1) is 11.3 Å². The average molecular weight is 413 g/mol. The predicted molar refractivity (Wildman–Crippen MR) is 118 cm³/mol. The van der Waals surface area contributed by atoms with Crippen LogP contribution in [0.15, 0.2) is 41.8 Å². The van der Waals surface area contributed by atoms with Crippen molar-refractivity contribution in [3.63, 3.8) is 0 Å². The minimum atomic E-state index is 0.639. The van der Waals surface area contributed by atoms with Crippen molar-refractivity contribution in [2.24, 2.45) is 0 Å². The molecule has 3 rings (SSSR count). The van der Waals surface area contributed by atoms with Crippen LogP contribution < -0.4 is 14.2 Å². The van der Waals surface area contributed by atoms with Crippen molar-refractivity contribution in [3.05, 3.63) is 58.6 Å². The molecule has 0 aliphatic rings. The Morgan fingerprint density at radius 3 is 2.48 bits per heavy atom. The molecular weight excluding hydrogens is 384 g/mol. The summed E-state index contributed by atoms with van der Waals surface area (Å²) in [6, 6.07) is 12.1. The molecule has 0 unspecified atom stereocenters. The molecule has 0 N–H and O–H groups in total. The number of aromatic nitrogens is 1. The van der Waals surface area contributed by atoms with Crippen molar-refractivity contribution < 1.29 is 14.2 Å². The second-order valence-corrected chi connectivity index (χ2v) is 7.95. The van der Waals surface area contributed by atoms with Crippen LogP contribution >= 0.6 is 11.3 Å². The number of benzene rings is 2. The predicted octanol–water partition coefficient (Wildman–Crippen LogP) is 4.95. The van der Waals surface area contributed by atoms with Crippen molar-refractivity contribution in [2.45, 2.75) is 20.4 Å². The highest BCUT2D eigenvalue weighted by molar-refractivity contribution is 7.13. The molecule has 29 heavy (non-hydrogen) atoms. The molecule has 2 aromatic carbocycles. The highest BCUT2D eigenvalue weighted by atomic mass is 32.1. The normalized spacial score (nSPS) is 11.0. The smallest absolute Gasteiger partial charge is 0.170 e. The molecular formula is C23H28N2O3S. The number of hydrogen-bond donors (Lipinski definition) is 0. The first-order chi connectivity index (χ1) is 14.0. The van der Waals surface area contributed by atoms with Gasteiger partial charge in [0.25, 0.3) is 0 Å². The molecule has 0 radical (unpaired) electrons. The molecule has 0 bridgehead atoms. The molecule has 0 fully saturated rings. The third-order valence-corrected chi connectivity index (χ3v) is 5.48. The molecule has 6 heteroatoms. The van der Waals surface area contributed by atoms with Gasteiger partial charge in [-0.1, -0.05) is 12.1 Å². The zero-order chi connectivity index (χ0) is 20.8. The third kappa shape index (κ3) is 5.49. The monoisotopic (exact) mass is 412 g/mol. The van der Waals surface area contributed by atoms with Crippen molar-refractivity contribution in [3.8, 4) is 27.8 Å². The van der Waals surface area contributed by atoms with Crippen LogP contribution in [0.5, 0.6) is 17.2 Å². The van der Waals surface area contributed by atoms with Gasteiger partial charge in [0, 0.05) is 18.5 Å². The van der Waals surface area contributed by atoms with Gasteiger partial charge >= 0.3 is 0 Å². The van der Waals surface area contributed by atoms with E-state index in [-0.39, 0.29) is 0 Å². The second-order valence-electron chi connectivity index (χ2n) is 7.09. The van der Waals surface area contributed by atoms with Gasteiger partial charge in [0.2, 0.25) is 0 Å². The fraction of sp³-hybridized carbons (Fsp3) is 0.348. The molecule has 3 aromatic rings. The Hall–Kier alpha value is -2.57. The minimum Gasteiger partial charge on any atom is -0.493 e. The summed E-state index contributed by atoms with van der Waals surface area (Å²) in [5.74, 6) is 2.35. The number of likely N-dealkylation sites (N-methyl/N-ethyl adjacent to an activating group) is 1. The summed E-state index contributed by atoms with van der Waals surface area (Å²) in [5.41, 5.74) is 4.42. The van der Waals surface area contributed by atoms with Crippen LogP contribution in [0, 0.1) is 13.8 Å². The van der Waals surface area contributed by atoms with E-state index in [0.29, 0.717) is 18.1 Å².